The van der Waals surface area contributed by atoms with Crippen molar-refractivity contribution >= 4 is 62.3 Å². The number of aromatic carboxylic acids is 1. The lowest BCUT2D eigenvalue weighted by molar-refractivity contribution is 0.0690. The molecule has 0 spiro atoms. The summed E-state index contributed by atoms with van der Waals surface area (Å²) in [6.07, 6.45) is 0. The normalized spacial score (nSPS) is 10.3. The van der Waals surface area contributed by atoms with Gasteiger partial charge in [-0.3, -0.25) is 0 Å². The minimum absolute atomic E-state index is 0.124. The molecule has 0 saturated carbocycles. The third kappa shape index (κ3) is 2.98. The number of carboxylic acid groups (broad SMARTS) is 1. The fourth-order valence-corrected chi connectivity index (χ4v) is 2.26. The molecule has 1 aromatic heterocycles. The van der Waals surface area contributed by atoms with Gasteiger partial charge in [-0.1, -0.05) is 23.2 Å². The van der Waals surface area contributed by atoms with Crippen LogP contribution in [0.3, 0.4) is 0 Å². The van der Waals surface area contributed by atoms with Crippen LogP contribution in [0.15, 0.2) is 28.7 Å². The van der Waals surface area contributed by atoms with Gasteiger partial charge in [0.1, 0.15) is 0 Å². The van der Waals surface area contributed by atoms with Crippen LogP contribution in [0.2, 0.25) is 10.0 Å². The Bertz CT molecular complexity index is 695. The SMILES string of the molecule is Nc1ccc(C(=O)O)nc1Nc1ccc(Br)c(Cl)c1Cl. The topological polar surface area (TPSA) is 88.2 Å². The van der Waals surface area contributed by atoms with Gasteiger partial charge in [0, 0.05) is 4.47 Å². The first-order valence-corrected chi connectivity index (χ1v) is 6.85. The average molecular weight is 377 g/mol. The molecule has 1 heterocycles. The predicted molar refractivity (Wildman–Crippen MR) is 83.1 cm³/mol. The number of nitrogen functional groups attached to an aromatic ring is 1. The average Bonchev–Trinajstić information content (AvgIpc) is 2.41. The lowest BCUT2D eigenvalue weighted by Crippen LogP contribution is -2.06. The van der Waals surface area contributed by atoms with E-state index in [-0.39, 0.29) is 16.5 Å². The van der Waals surface area contributed by atoms with Gasteiger partial charge in [0.25, 0.3) is 0 Å². The maximum atomic E-state index is 10.9. The van der Waals surface area contributed by atoms with Crippen molar-refractivity contribution in [2.24, 2.45) is 0 Å². The molecule has 0 amide bonds. The van der Waals surface area contributed by atoms with Crippen LogP contribution in [0.5, 0.6) is 0 Å². The molecule has 0 aliphatic carbocycles. The van der Waals surface area contributed by atoms with E-state index in [1.165, 1.54) is 12.1 Å². The summed E-state index contributed by atoms with van der Waals surface area (Å²) < 4.78 is 0.648. The van der Waals surface area contributed by atoms with E-state index >= 15 is 0 Å². The molecule has 0 unspecified atom stereocenters. The number of carboxylic acids is 1. The first kappa shape index (κ1) is 14.9. The van der Waals surface area contributed by atoms with Crippen LogP contribution in [0.1, 0.15) is 10.5 Å². The third-order valence-electron chi connectivity index (χ3n) is 2.43. The van der Waals surface area contributed by atoms with Crippen molar-refractivity contribution in [2.75, 3.05) is 11.1 Å². The number of nitrogens with two attached hydrogens (primary N) is 1. The van der Waals surface area contributed by atoms with Crippen LogP contribution in [0, 0.1) is 0 Å². The maximum Gasteiger partial charge on any atom is 0.354 e. The van der Waals surface area contributed by atoms with E-state index in [1.54, 1.807) is 12.1 Å². The summed E-state index contributed by atoms with van der Waals surface area (Å²) in [5, 5.41) is 12.4. The zero-order valence-electron chi connectivity index (χ0n) is 9.82. The highest BCUT2D eigenvalue weighted by Gasteiger charge is 2.12. The second-order valence-corrected chi connectivity index (χ2v) is 5.40. The van der Waals surface area contributed by atoms with Gasteiger partial charge in [-0.05, 0) is 40.2 Å². The van der Waals surface area contributed by atoms with Crippen molar-refractivity contribution < 1.29 is 9.90 Å². The van der Waals surface area contributed by atoms with Crippen LogP contribution in [0.25, 0.3) is 0 Å². The number of hydrogen-bond acceptors (Lipinski definition) is 4. The summed E-state index contributed by atoms with van der Waals surface area (Å²) in [7, 11) is 0. The third-order valence-corrected chi connectivity index (χ3v) is 4.20. The van der Waals surface area contributed by atoms with Crippen LogP contribution in [0.4, 0.5) is 17.2 Å². The van der Waals surface area contributed by atoms with Gasteiger partial charge in [0.2, 0.25) is 0 Å². The lowest BCUT2D eigenvalue weighted by atomic mass is 10.3. The van der Waals surface area contributed by atoms with E-state index in [4.69, 9.17) is 34.0 Å². The lowest BCUT2D eigenvalue weighted by Gasteiger charge is -2.12. The van der Waals surface area contributed by atoms with Crippen LogP contribution < -0.4 is 11.1 Å². The number of hydrogen-bond donors (Lipinski definition) is 3. The molecule has 104 valence electrons. The smallest absolute Gasteiger partial charge is 0.354 e. The first-order valence-electron chi connectivity index (χ1n) is 5.30. The Balaban J connectivity index is 2.42. The maximum absolute atomic E-state index is 10.9. The van der Waals surface area contributed by atoms with Gasteiger partial charge in [-0.2, -0.15) is 0 Å². The summed E-state index contributed by atoms with van der Waals surface area (Å²) in [5.41, 5.74) is 6.40. The largest absolute Gasteiger partial charge is 0.477 e. The molecule has 0 fully saturated rings. The van der Waals surface area contributed by atoms with Gasteiger partial charge in [0.05, 0.1) is 21.4 Å². The highest BCUT2D eigenvalue weighted by molar-refractivity contribution is 9.10. The summed E-state index contributed by atoms with van der Waals surface area (Å²) >= 11 is 15.3. The molecule has 0 saturated heterocycles. The van der Waals surface area contributed by atoms with E-state index in [2.05, 4.69) is 26.2 Å². The van der Waals surface area contributed by atoms with Crippen LogP contribution in [-0.2, 0) is 0 Å². The molecule has 8 heteroatoms. The van der Waals surface area contributed by atoms with Crippen molar-refractivity contribution in [1.82, 2.24) is 4.98 Å². The number of halogens is 3. The molecule has 1 aromatic carbocycles. The van der Waals surface area contributed by atoms with E-state index in [1.807, 2.05) is 0 Å². The molecule has 0 bridgehead atoms. The van der Waals surface area contributed by atoms with E-state index in [0.717, 1.165) is 0 Å². The van der Waals surface area contributed by atoms with Crippen molar-refractivity contribution in [3.63, 3.8) is 0 Å². The Morgan fingerprint density at radius 1 is 1.25 bits per heavy atom. The molecule has 0 radical (unpaired) electrons. The van der Waals surface area contributed by atoms with E-state index in [9.17, 15) is 4.79 Å². The Kier molecular flexibility index (Phi) is 4.37. The fraction of sp³-hybridized carbons (Fsp3) is 0. The Hall–Kier alpha value is -1.50. The molecule has 0 aliphatic heterocycles. The number of carbonyl (C=O) groups is 1. The molecule has 20 heavy (non-hydrogen) atoms. The summed E-state index contributed by atoms with van der Waals surface area (Å²) in [4.78, 5) is 14.8. The second-order valence-electron chi connectivity index (χ2n) is 3.79. The van der Waals surface area contributed by atoms with Gasteiger partial charge >= 0.3 is 5.97 Å². The van der Waals surface area contributed by atoms with Gasteiger partial charge in [0.15, 0.2) is 11.5 Å². The van der Waals surface area contributed by atoms with Gasteiger partial charge in [-0.25, -0.2) is 9.78 Å². The van der Waals surface area contributed by atoms with Crippen molar-refractivity contribution in [3.8, 4) is 0 Å². The van der Waals surface area contributed by atoms with E-state index in [0.29, 0.717) is 20.9 Å². The molecule has 0 aliphatic rings. The quantitative estimate of drug-likeness (QED) is 0.699. The number of pyridine rings is 1. The van der Waals surface area contributed by atoms with Crippen molar-refractivity contribution in [3.05, 3.63) is 44.5 Å². The van der Waals surface area contributed by atoms with Crippen LogP contribution >= 0.6 is 39.1 Å². The number of nitrogens with zero attached hydrogens (tertiary/aromatic N) is 1. The molecule has 5 nitrogen and oxygen atoms in total. The number of nitrogens with one attached hydrogen (secondary N) is 1. The standard InChI is InChI=1S/C12H8BrCl2N3O2/c13-5-1-3-7(10(15)9(5)14)17-11-6(16)2-4-8(18-11)12(19)20/h1-4H,16H2,(H,17,18)(H,19,20). The van der Waals surface area contributed by atoms with Crippen molar-refractivity contribution in [1.29, 1.82) is 0 Å². The predicted octanol–water partition coefficient (Wildman–Crippen LogP) is 4.17. The Morgan fingerprint density at radius 2 is 1.95 bits per heavy atom. The summed E-state index contributed by atoms with van der Waals surface area (Å²) in [5.74, 6) is -0.946. The molecular weight excluding hydrogens is 369 g/mol. The fourth-order valence-electron chi connectivity index (χ4n) is 1.44. The Labute approximate surface area is 132 Å². The number of rotatable bonds is 3. The van der Waals surface area contributed by atoms with Gasteiger partial charge in [-0.15, -0.1) is 0 Å². The zero-order chi connectivity index (χ0) is 14.9. The number of anilines is 3. The molecule has 2 aromatic rings. The minimum atomic E-state index is -1.15. The van der Waals surface area contributed by atoms with Crippen LogP contribution in [-0.4, -0.2) is 16.1 Å². The monoisotopic (exact) mass is 375 g/mol. The Morgan fingerprint density at radius 3 is 2.60 bits per heavy atom. The highest BCUT2D eigenvalue weighted by Crippen LogP contribution is 2.37. The molecule has 4 N–H and O–H groups in total. The van der Waals surface area contributed by atoms with Gasteiger partial charge < -0.3 is 16.2 Å². The number of aromatic nitrogens is 1. The second kappa shape index (κ2) is 5.87. The zero-order valence-corrected chi connectivity index (χ0v) is 12.9. The molecule has 0 atom stereocenters. The van der Waals surface area contributed by atoms with Crippen molar-refractivity contribution in [2.45, 2.75) is 0 Å². The molecular formula is C12H8BrCl2N3O2. The first-order chi connectivity index (χ1) is 9.40. The molecule has 2 rings (SSSR count). The minimum Gasteiger partial charge on any atom is -0.477 e. The highest BCUT2D eigenvalue weighted by atomic mass is 79.9. The number of benzene rings is 1. The summed E-state index contributed by atoms with van der Waals surface area (Å²) in [6, 6.07) is 6.15. The summed E-state index contributed by atoms with van der Waals surface area (Å²) in [6.45, 7) is 0. The van der Waals surface area contributed by atoms with E-state index < -0.39 is 5.97 Å².